The quantitative estimate of drug-likeness (QED) is 0.864. The largest absolute Gasteiger partial charge is 0.336 e. The van der Waals surface area contributed by atoms with Gasteiger partial charge < -0.3 is 10.6 Å². The third-order valence-corrected chi connectivity index (χ3v) is 3.34. The van der Waals surface area contributed by atoms with Crippen molar-refractivity contribution in [3.05, 3.63) is 53.3 Å². The number of hydrogen-bond acceptors (Lipinski definition) is 4. The van der Waals surface area contributed by atoms with Gasteiger partial charge in [-0.1, -0.05) is 24.3 Å². The summed E-state index contributed by atoms with van der Waals surface area (Å²) in [7, 11) is 0. The predicted molar refractivity (Wildman–Crippen MR) is 71.1 cm³/mol. The zero-order valence-corrected chi connectivity index (χ0v) is 10.2. The monoisotopic (exact) mass is 240 g/mol. The van der Waals surface area contributed by atoms with E-state index in [1.54, 1.807) is 0 Å². The summed E-state index contributed by atoms with van der Waals surface area (Å²) >= 11 is 0. The van der Waals surface area contributed by atoms with Crippen molar-refractivity contribution in [2.45, 2.75) is 19.5 Å². The van der Waals surface area contributed by atoms with Gasteiger partial charge in [-0.25, -0.2) is 9.97 Å². The molecule has 4 heteroatoms. The second-order valence-corrected chi connectivity index (χ2v) is 4.54. The molecule has 92 valence electrons. The van der Waals surface area contributed by atoms with Crippen LogP contribution in [0.4, 0.5) is 5.95 Å². The van der Waals surface area contributed by atoms with Gasteiger partial charge in [0.2, 0.25) is 5.95 Å². The van der Waals surface area contributed by atoms with Gasteiger partial charge in [0, 0.05) is 37.6 Å². The lowest BCUT2D eigenvalue weighted by atomic mass is 10.0. The van der Waals surface area contributed by atoms with Gasteiger partial charge in [0.1, 0.15) is 0 Å². The Hall–Kier alpha value is -1.94. The molecule has 0 fully saturated rings. The normalized spacial score (nSPS) is 14.4. The van der Waals surface area contributed by atoms with Crippen LogP contribution < -0.4 is 10.6 Å². The fourth-order valence-corrected chi connectivity index (χ4v) is 2.28. The average molecular weight is 240 g/mol. The molecule has 0 amide bonds. The van der Waals surface area contributed by atoms with Crippen LogP contribution in [0.15, 0.2) is 36.7 Å². The van der Waals surface area contributed by atoms with E-state index in [1.165, 1.54) is 11.1 Å². The number of rotatable bonds is 2. The van der Waals surface area contributed by atoms with Crippen molar-refractivity contribution in [2.24, 2.45) is 5.73 Å². The van der Waals surface area contributed by atoms with Crippen LogP contribution in [-0.4, -0.2) is 16.5 Å². The van der Waals surface area contributed by atoms with Gasteiger partial charge in [0.05, 0.1) is 0 Å². The van der Waals surface area contributed by atoms with E-state index in [2.05, 4.69) is 39.1 Å². The molecule has 0 bridgehead atoms. The molecule has 2 heterocycles. The Balaban J connectivity index is 1.82. The average Bonchev–Trinajstić information content (AvgIpc) is 2.47. The zero-order chi connectivity index (χ0) is 12.4. The molecule has 0 saturated carbocycles. The summed E-state index contributed by atoms with van der Waals surface area (Å²) in [4.78, 5) is 11.0. The van der Waals surface area contributed by atoms with Gasteiger partial charge in [-0.15, -0.1) is 0 Å². The Labute approximate surface area is 106 Å². The van der Waals surface area contributed by atoms with Gasteiger partial charge in [-0.3, -0.25) is 0 Å². The minimum absolute atomic E-state index is 0.489. The molecule has 0 atom stereocenters. The molecule has 0 aliphatic carbocycles. The second kappa shape index (κ2) is 4.74. The van der Waals surface area contributed by atoms with Gasteiger partial charge >= 0.3 is 0 Å². The van der Waals surface area contributed by atoms with Crippen molar-refractivity contribution >= 4 is 5.95 Å². The molecule has 0 saturated heterocycles. The van der Waals surface area contributed by atoms with Crippen molar-refractivity contribution in [3.63, 3.8) is 0 Å². The molecule has 1 aromatic carbocycles. The highest BCUT2D eigenvalue weighted by atomic mass is 15.2. The number of hydrogen-bond donors (Lipinski definition) is 1. The fourth-order valence-electron chi connectivity index (χ4n) is 2.28. The van der Waals surface area contributed by atoms with Gasteiger partial charge in [0.25, 0.3) is 0 Å². The Kier molecular flexibility index (Phi) is 2.94. The van der Waals surface area contributed by atoms with Crippen LogP contribution >= 0.6 is 0 Å². The molecule has 1 aromatic heterocycles. The molecule has 18 heavy (non-hydrogen) atoms. The lowest BCUT2D eigenvalue weighted by Crippen LogP contribution is -2.31. The third kappa shape index (κ3) is 2.07. The minimum atomic E-state index is 0.489. The van der Waals surface area contributed by atoms with E-state index in [1.807, 2.05) is 12.4 Å². The maximum absolute atomic E-state index is 5.55. The molecule has 1 aliphatic heterocycles. The minimum Gasteiger partial charge on any atom is -0.336 e. The number of fused-ring (bicyclic) bond motifs is 1. The van der Waals surface area contributed by atoms with Gasteiger partial charge in [0.15, 0.2) is 0 Å². The van der Waals surface area contributed by atoms with Gasteiger partial charge in [-0.2, -0.15) is 0 Å². The van der Waals surface area contributed by atoms with Crippen molar-refractivity contribution in [2.75, 3.05) is 11.4 Å². The highest BCUT2D eigenvalue weighted by Gasteiger charge is 2.17. The molecular formula is C14H16N4. The van der Waals surface area contributed by atoms with Gasteiger partial charge in [-0.05, 0) is 17.5 Å². The summed E-state index contributed by atoms with van der Waals surface area (Å²) in [6.45, 7) is 2.35. The van der Waals surface area contributed by atoms with E-state index < -0.39 is 0 Å². The maximum atomic E-state index is 5.55. The molecule has 0 spiro atoms. The molecule has 3 rings (SSSR count). The first kappa shape index (κ1) is 11.2. The number of benzene rings is 1. The molecule has 0 radical (unpaired) electrons. The van der Waals surface area contributed by atoms with E-state index in [4.69, 9.17) is 5.73 Å². The first-order chi connectivity index (χ1) is 8.86. The molecule has 2 N–H and O–H groups in total. The molecule has 1 aliphatic rings. The second-order valence-electron chi connectivity index (χ2n) is 4.54. The summed E-state index contributed by atoms with van der Waals surface area (Å²) in [6, 6.07) is 8.56. The summed E-state index contributed by atoms with van der Waals surface area (Å²) in [5, 5.41) is 0. The predicted octanol–water partition coefficient (Wildman–Crippen LogP) is 1.50. The van der Waals surface area contributed by atoms with Crippen molar-refractivity contribution in [1.82, 2.24) is 9.97 Å². The highest BCUT2D eigenvalue weighted by Crippen LogP contribution is 2.21. The van der Waals surface area contributed by atoms with Crippen LogP contribution in [0.5, 0.6) is 0 Å². The smallest absolute Gasteiger partial charge is 0.225 e. The number of nitrogens with two attached hydrogens (primary N) is 1. The number of nitrogens with zero attached hydrogens (tertiary/aromatic N) is 3. The fraction of sp³-hybridized carbons (Fsp3) is 0.286. The van der Waals surface area contributed by atoms with E-state index >= 15 is 0 Å². The first-order valence-electron chi connectivity index (χ1n) is 6.19. The summed E-state index contributed by atoms with van der Waals surface area (Å²) < 4.78 is 0. The summed E-state index contributed by atoms with van der Waals surface area (Å²) in [5.74, 6) is 0.793. The number of anilines is 1. The van der Waals surface area contributed by atoms with E-state index in [0.717, 1.165) is 31.0 Å². The third-order valence-electron chi connectivity index (χ3n) is 3.34. The van der Waals surface area contributed by atoms with Crippen LogP contribution in [-0.2, 0) is 19.5 Å². The van der Waals surface area contributed by atoms with Crippen LogP contribution in [0.2, 0.25) is 0 Å². The Bertz CT molecular complexity index is 536. The van der Waals surface area contributed by atoms with Crippen LogP contribution in [0.3, 0.4) is 0 Å². The topological polar surface area (TPSA) is 55.0 Å². The van der Waals surface area contributed by atoms with Crippen LogP contribution in [0.1, 0.15) is 16.7 Å². The van der Waals surface area contributed by atoms with Crippen LogP contribution in [0.25, 0.3) is 0 Å². The Morgan fingerprint density at radius 2 is 1.83 bits per heavy atom. The SMILES string of the molecule is NCc1cnc(N2CCc3ccccc3C2)nc1. The molecule has 2 aromatic rings. The lowest BCUT2D eigenvalue weighted by Gasteiger charge is -2.28. The number of aromatic nitrogens is 2. The first-order valence-corrected chi connectivity index (χ1v) is 6.19. The maximum Gasteiger partial charge on any atom is 0.225 e. The molecule has 0 unspecified atom stereocenters. The van der Waals surface area contributed by atoms with Crippen molar-refractivity contribution in [1.29, 1.82) is 0 Å². The summed E-state index contributed by atoms with van der Waals surface area (Å²) in [6.07, 6.45) is 4.67. The van der Waals surface area contributed by atoms with Crippen molar-refractivity contribution < 1.29 is 0 Å². The highest BCUT2D eigenvalue weighted by molar-refractivity contribution is 5.39. The summed E-state index contributed by atoms with van der Waals surface area (Å²) in [5.41, 5.74) is 9.32. The van der Waals surface area contributed by atoms with Crippen molar-refractivity contribution in [3.8, 4) is 0 Å². The van der Waals surface area contributed by atoms with E-state index in [0.29, 0.717) is 6.54 Å². The van der Waals surface area contributed by atoms with E-state index in [9.17, 15) is 0 Å². The van der Waals surface area contributed by atoms with E-state index in [-0.39, 0.29) is 0 Å². The standard InChI is InChI=1S/C14H16N4/c15-7-11-8-16-14(17-9-11)18-6-5-12-3-1-2-4-13(12)10-18/h1-4,8-9H,5-7,10,15H2. The molecule has 4 nitrogen and oxygen atoms in total. The lowest BCUT2D eigenvalue weighted by molar-refractivity contribution is 0.706. The zero-order valence-electron chi connectivity index (χ0n) is 10.2. The van der Waals surface area contributed by atoms with Crippen LogP contribution in [0, 0.1) is 0 Å². The molecular weight excluding hydrogens is 224 g/mol. The Morgan fingerprint density at radius 1 is 1.11 bits per heavy atom. The Morgan fingerprint density at radius 3 is 2.56 bits per heavy atom.